The van der Waals surface area contributed by atoms with E-state index in [1.165, 1.54) is 38.8 Å². The van der Waals surface area contributed by atoms with Crippen molar-refractivity contribution in [3.63, 3.8) is 0 Å². The number of nitrogens with two attached hydrogens (primary N) is 6. The maximum atomic E-state index is 15.9. The van der Waals surface area contributed by atoms with E-state index in [4.69, 9.17) is 127 Å². The Bertz CT molecular complexity index is 6790. The van der Waals surface area contributed by atoms with Crippen LogP contribution in [0.4, 0.5) is 39.9 Å². The van der Waals surface area contributed by atoms with E-state index in [0.29, 0.717) is 22.4 Å². The molecule has 0 radical (unpaired) electrons. The van der Waals surface area contributed by atoms with Crippen LogP contribution in [0.25, 0.3) is 55.9 Å². The van der Waals surface area contributed by atoms with Gasteiger partial charge in [0.1, 0.15) is 90.0 Å². The number of nitrogens with one attached hydrogen (secondary N) is 3. The number of hydrogen-bond donors (Lipinski definition) is 18. The Balaban J connectivity index is 0.000000129. The standard InChI is InChI=1S/2C19H23N11O10P2S2.C18H21FN12O10P2S2/c2*20-18-25-15-11(16(32)26-18)27-28-29(15)17-13-12(31)10(44-17)4-36-41(33,34)39-8-1-7(38-9(8)3-37-42(35,43)40-13)6-2-24-30-14(6)22-5-23-19(30)21;19-6-10-4(39-16(6)30-13-7(26-28-30)12(20)22-3-23-13)1-38-43(36,44)41-11-9(32)5(2-37-42(34,35)40-10)45-17(11)31-14-8(27-29-31)15(33)25-18(21)24-14/h2*2,5,7-10,12-13,17,31H,1,3-4H2,(H,33,34)(H,35,43)(H2,21,22,23)(H3,20,25,26,32);3-6,9-11,16-17,32H,1-2H2,(H,34,35)(H,36,44)(H2,20,22,23)(H3,21,24,25,33)/t2*7-,8+,9-,10-,12-,13-,17-,42?;4-,5-,6+,9-,10-,11-,16-,17-,43?/m111/s1. The van der Waals surface area contributed by atoms with E-state index >= 15 is 4.39 Å². The number of thioether (sulfide) groups is 3. The summed E-state index contributed by atoms with van der Waals surface area (Å²) in [5, 5.41) is 66.7. The second-order valence-corrected chi connectivity index (χ2v) is 46.5. The number of aliphatic hydroxyl groups is 3. The van der Waals surface area contributed by atoms with Crippen molar-refractivity contribution < 1.29 is 131 Å². The molecule has 21 heterocycles. The predicted octanol–water partition coefficient (Wildman–Crippen LogP) is -3.41. The number of thiol groups is 1. The minimum atomic E-state index is -5.06. The number of nitrogens with zero attached hydrogens (tertiary/aromatic N) is 25. The number of phosphoric ester groups is 3. The van der Waals surface area contributed by atoms with E-state index in [-0.39, 0.29) is 93.1 Å². The van der Waals surface area contributed by atoms with Crippen LogP contribution in [0.15, 0.2) is 45.8 Å². The number of aromatic amines is 3. The van der Waals surface area contributed by atoms with Gasteiger partial charge in [0.2, 0.25) is 29.7 Å². The maximum Gasteiger partial charge on any atom is 0.472 e. The highest BCUT2D eigenvalue weighted by Crippen LogP contribution is 2.63. The molecule has 12 aromatic heterocycles. The number of ether oxygens (including phenoxy) is 3. The third-order valence-electron chi connectivity index (χ3n) is 21.3. The van der Waals surface area contributed by atoms with Crippen LogP contribution in [-0.2, 0) is 110 Å². The van der Waals surface area contributed by atoms with E-state index < -0.39 is 230 Å². The Hall–Kier alpha value is -8.15. The van der Waals surface area contributed by atoms with Gasteiger partial charge in [-0.2, -0.15) is 38.9 Å². The lowest BCUT2D eigenvalue weighted by atomic mass is 10.1. The number of rotatable bonds is 6. The van der Waals surface area contributed by atoms with Crippen molar-refractivity contribution >= 4 is 206 Å². The lowest BCUT2D eigenvalue weighted by Gasteiger charge is -2.27. The summed E-state index contributed by atoms with van der Waals surface area (Å²) in [5.74, 6) is -0.552. The minimum Gasteiger partial charge on any atom is -0.389 e. The van der Waals surface area contributed by atoms with Crippen molar-refractivity contribution in [3.8, 4) is 0 Å². The number of anilines is 6. The molecule has 9 aliphatic heterocycles. The van der Waals surface area contributed by atoms with Gasteiger partial charge in [-0.15, -0.1) is 55.7 Å². The molecule has 21 rings (SSSR count). The van der Waals surface area contributed by atoms with Gasteiger partial charge in [0, 0.05) is 24.0 Å². The smallest absolute Gasteiger partial charge is 0.389 e. The van der Waals surface area contributed by atoms with Gasteiger partial charge in [-0.1, -0.05) is 33.1 Å². The molecule has 0 aliphatic carbocycles. The van der Waals surface area contributed by atoms with Crippen LogP contribution >= 0.6 is 91.2 Å². The molecule has 0 saturated carbocycles. The van der Waals surface area contributed by atoms with E-state index in [9.17, 15) is 72.4 Å². The molecule has 6 bridgehead atoms. The van der Waals surface area contributed by atoms with Crippen LogP contribution in [-0.4, -0.2) is 314 Å². The first kappa shape index (κ1) is 93.8. The lowest BCUT2D eigenvalue weighted by Crippen LogP contribution is -2.35. The average Bonchev–Trinajstić information content (AvgIpc) is 1.60. The van der Waals surface area contributed by atoms with Gasteiger partial charge in [-0.05, 0) is 23.6 Å². The first-order valence-electron chi connectivity index (χ1n) is 38.2. The molecule has 0 amide bonds. The first-order chi connectivity index (χ1) is 63.1. The van der Waals surface area contributed by atoms with Crippen molar-refractivity contribution in [2.45, 2.75) is 143 Å². The van der Waals surface area contributed by atoms with Crippen molar-refractivity contribution in [2.24, 2.45) is 0 Å². The number of fused-ring (bicyclic) bond motifs is 15. The molecule has 0 spiro atoms. The zero-order chi connectivity index (χ0) is 93.8. The number of halogens is 1. The number of nitrogen functional groups attached to an aromatic ring is 6. The summed E-state index contributed by atoms with van der Waals surface area (Å²) >= 11 is 17.4. The zero-order valence-electron chi connectivity index (χ0n) is 66.0. The van der Waals surface area contributed by atoms with E-state index in [0.717, 1.165) is 55.7 Å². The number of alkyl halides is 1. The number of phosphoric acid groups is 3. The summed E-state index contributed by atoms with van der Waals surface area (Å²) in [6.45, 7) is -16.0. The number of H-pyrrole nitrogens is 3. The molecule has 12 aromatic rings. The fraction of sp³-hybridized carbons (Fsp3) is 0.536. The Morgan fingerprint density at radius 1 is 0.436 bits per heavy atom. The Morgan fingerprint density at radius 3 is 1.25 bits per heavy atom. The summed E-state index contributed by atoms with van der Waals surface area (Å²) in [6.07, 6.45) is -14.8. The van der Waals surface area contributed by atoms with Gasteiger partial charge >= 0.3 is 43.7 Å². The molecule has 9 saturated heterocycles. The summed E-state index contributed by atoms with van der Waals surface area (Å²) in [5.41, 5.74) is 33.7. The van der Waals surface area contributed by atoms with E-state index in [1.54, 1.807) is 0 Å². The molecule has 28 atom stereocenters. The monoisotopic (exact) mass is 2090 g/mol. The number of aliphatic hydroxyl groups excluding tert-OH is 3. The van der Waals surface area contributed by atoms with Crippen LogP contribution in [0.3, 0.4) is 0 Å². The second-order valence-electron chi connectivity index (χ2n) is 29.7. The fourth-order valence-corrected chi connectivity index (χ4v) is 27.5. The number of hydrogen-bond acceptors (Lipinski definition) is 55. The van der Waals surface area contributed by atoms with Gasteiger partial charge in [0.15, 0.2) is 74.2 Å². The topological polar surface area (TPSA) is 897 Å². The highest BCUT2D eigenvalue weighted by molar-refractivity contribution is 8.44. The summed E-state index contributed by atoms with van der Waals surface area (Å²) in [4.78, 5) is 134. The molecular weight excluding hydrogens is 2030 g/mol. The summed E-state index contributed by atoms with van der Waals surface area (Å²) < 4.78 is 159. The highest BCUT2D eigenvalue weighted by atomic mass is 32.7. The van der Waals surface area contributed by atoms with Gasteiger partial charge in [0.25, 0.3) is 16.7 Å². The molecule has 714 valence electrons. The highest BCUT2D eigenvalue weighted by Gasteiger charge is 2.58. The Labute approximate surface area is 762 Å². The molecule has 64 nitrogen and oxygen atoms in total. The Morgan fingerprint density at radius 2 is 0.812 bits per heavy atom. The largest absolute Gasteiger partial charge is 0.472 e. The van der Waals surface area contributed by atoms with Crippen molar-refractivity contribution in [2.75, 3.05) is 74.0 Å². The third-order valence-corrected chi connectivity index (χ3v) is 33.6. The Kier molecular flexibility index (Phi) is 25.4. The van der Waals surface area contributed by atoms with Crippen LogP contribution in [0.1, 0.15) is 58.5 Å². The molecule has 9 fully saturated rings. The zero-order valence-corrected chi connectivity index (χ0v) is 76.3. The molecule has 9 aliphatic rings. The molecule has 133 heavy (non-hydrogen) atoms. The molecule has 0 aromatic carbocycles. The average molecular weight is 2090 g/mol. The molecular formula is C56H67FN34O30P6S6. The molecule has 77 heteroatoms. The van der Waals surface area contributed by atoms with Crippen molar-refractivity contribution in [1.82, 2.24) is 139 Å². The van der Waals surface area contributed by atoms with Crippen molar-refractivity contribution in [1.29, 1.82) is 0 Å². The normalized spacial score (nSPS) is 36.9. The maximum absolute atomic E-state index is 15.9. The number of aromatic nitrogens is 28. The van der Waals surface area contributed by atoms with Crippen molar-refractivity contribution in [3.05, 3.63) is 73.6 Å². The molecule has 23 N–H and O–H groups in total. The van der Waals surface area contributed by atoms with E-state index in [1.807, 2.05) is 0 Å². The van der Waals surface area contributed by atoms with Crippen LogP contribution in [0.2, 0.25) is 0 Å². The van der Waals surface area contributed by atoms with Crippen LogP contribution in [0, 0.1) is 0 Å². The lowest BCUT2D eigenvalue weighted by molar-refractivity contribution is -0.0511. The minimum absolute atomic E-state index is 0.00332. The third kappa shape index (κ3) is 18.7. The second kappa shape index (κ2) is 36.0. The quantitative estimate of drug-likeness (QED) is 0.0570. The van der Waals surface area contributed by atoms with Gasteiger partial charge in [-0.25, -0.2) is 66.6 Å². The fourth-order valence-electron chi connectivity index (χ4n) is 15.3. The van der Waals surface area contributed by atoms with Gasteiger partial charge in [-0.3, -0.25) is 74.6 Å². The predicted molar refractivity (Wildman–Crippen MR) is 456 cm³/mol. The van der Waals surface area contributed by atoms with E-state index in [2.05, 4.69) is 124 Å². The summed E-state index contributed by atoms with van der Waals surface area (Å²) in [6, 6.07) is 0. The summed E-state index contributed by atoms with van der Waals surface area (Å²) in [7, 11) is -14.6. The van der Waals surface area contributed by atoms with Crippen LogP contribution < -0.4 is 51.1 Å². The first-order valence-corrected chi connectivity index (χ1v) is 53.4. The SMILES string of the molecule is Nc1nc2c(nnn2[C@@H]2S[C@@H]3COP(=O)(O)O[C@H]4C[C@H](c5cnn6c(N)ncnc56)O[C@@H]4COP(=O)(S)O[C@@H]2[C@@H]3O)c(=O)[nH]1.Nc1nc2c(nnn2[C@@H]2S[C@@H]3COP(=O)(O)O[C@H]4C[C@H](c5cnn6c(N)ncnc56)O[C@@H]4COP(O)(=S)O[C@@H]2[C@@H]3O)c(=O)[nH]1.Nc1nc2c(nnn2[C@@H]2S[C@@H]3COP(=O)(O)O[C@H]4[C@H](F)[C@H](n5nnc6c(N)ncnc65)O[C@@H]4COP(O)(=S)O[C@@H]2[C@@H]3O)c(=O)[nH]1. The molecule has 6 unspecified atom stereocenters. The van der Waals surface area contributed by atoms with Gasteiger partial charge in [0.05, 0.1) is 98.3 Å². The van der Waals surface area contributed by atoms with Gasteiger partial charge < -0.3 is 97.4 Å². The van der Waals surface area contributed by atoms with Crippen LogP contribution in [0.5, 0.6) is 0 Å².